The average Bonchev–Trinajstić information content (AvgIpc) is 1.89. The molecule has 0 aliphatic heterocycles. The lowest BCUT2D eigenvalue weighted by atomic mass is 9.93. The first-order valence-corrected chi connectivity index (χ1v) is 3.89. The van der Waals surface area contributed by atoms with Gasteiger partial charge in [0.25, 0.3) is 0 Å². The summed E-state index contributed by atoms with van der Waals surface area (Å²) < 4.78 is 12.2. The molecule has 0 aromatic rings. The first kappa shape index (κ1) is 10.7. The molecular weight excluding hydrogens is 140 g/mol. The maximum Gasteiger partial charge on any atom is 0.454 e. The Morgan fingerprint density at radius 1 is 1.64 bits per heavy atom. The normalized spacial score (nSPS) is 11.7. The molecule has 0 aliphatic carbocycles. The van der Waals surface area contributed by atoms with Crippen LogP contribution >= 0.6 is 0 Å². The second-order valence-electron chi connectivity index (χ2n) is 3.19. The van der Waals surface area contributed by atoms with Crippen molar-refractivity contribution in [2.45, 2.75) is 32.7 Å². The minimum absolute atomic E-state index is 0.148. The van der Waals surface area contributed by atoms with Crippen LogP contribution in [-0.2, 0) is 0 Å². The maximum absolute atomic E-state index is 12.2. The van der Waals surface area contributed by atoms with Gasteiger partial charge in [-0.1, -0.05) is 13.0 Å². The lowest BCUT2D eigenvalue weighted by molar-refractivity contribution is 0.231. The van der Waals surface area contributed by atoms with Gasteiger partial charge in [0.05, 0.1) is 0 Å². The van der Waals surface area contributed by atoms with Crippen LogP contribution in [0.4, 0.5) is 4.32 Å². The highest BCUT2D eigenvalue weighted by molar-refractivity contribution is 6.22. The Morgan fingerprint density at radius 3 is 2.45 bits per heavy atom. The predicted octanol–water partition coefficient (Wildman–Crippen LogP) is 2.17. The van der Waals surface area contributed by atoms with E-state index in [-0.39, 0.29) is 5.54 Å². The molecule has 3 heteroatoms. The molecule has 0 atom stereocenters. The molecule has 11 heavy (non-hydrogen) atoms. The van der Waals surface area contributed by atoms with E-state index in [1.165, 1.54) is 0 Å². The molecule has 0 fully saturated rings. The molecule has 0 spiro atoms. The van der Waals surface area contributed by atoms with Gasteiger partial charge in [-0.3, -0.25) is 0 Å². The summed E-state index contributed by atoms with van der Waals surface area (Å²) in [4.78, 5) is 1.66. The Balaban J connectivity index is 4.10. The van der Waals surface area contributed by atoms with Crippen LogP contribution in [0.25, 0.3) is 0 Å². The summed E-state index contributed by atoms with van der Waals surface area (Å²) in [6, 6.07) is 0. The van der Waals surface area contributed by atoms with E-state index in [1.807, 2.05) is 26.8 Å². The van der Waals surface area contributed by atoms with Crippen LogP contribution < -0.4 is 0 Å². The Kier molecular flexibility index (Phi) is 4.42. The van der Waals surface area contributed by atoms with Crippen LogP contribution in [0.5, 0.6) is 0 Å². The van der Waals surface area contributed by atoms with Crippen LogP contribution in [0.1, 0.15) is 27.2 Å². The van der Waals surface area contributed by atoms with Crippen LogP contribution in [0.15, 0.2) is 12.7 Å². The van der Waals surface area contributed by atoms with Gasteiger partial charge in [0, 0.05) is 5.54 Å². The van der Waals surface area contributed by atoms with Gasteiger partial charge < -0.3 is 9.13 Å². The van der Waals surface area contributed by atoms with E-state index in [9.17, 15) is 4.32 Å². The summed E-state index contributed by atoms with van der Waals surface area (Å²) in [5.41, 5.74) is -0.148. The summed E-state index contributed by atoms with van der Waals surface area (Å²) >= 11 is 0. The van der Waals surface area contributed by atoms with Crippen molar-refractivity contribution in [3.05, 3.63) is 12.7 Å². The molecule has 1 nitrogen and oxygen atoms in total. The van der Waals surface area contributed by atoms with Crippen molar-refractivity contribution in [2.24, 2.45) is 0 Å². The van der Waals surface area contributed by atoms with Crippen molar-refractivity contribution < 1.29 is 4.32 Å². The summed E-state index contributed by atoms with van der Waals surface area (Å²) in [6.45, 7) is 10.2. The van der Waals surface area contributed by atoms with E-state index in [2.05, 4.69) is 6.58 Å². The third kappa shape index (κ3) is 3.06. The number of rotatable bonds is 5. The van der Waals surface area contributed by atoms with E-state index in [0.29, 0.717) is 14.2 Å². The van der Waals surface area contributed by atoms with Gasteiger partial charge >= 0.3 is 7.69 Å². The van der Waals surface area contributed by atoms with Crippen LogP contribution in [-0.4, -0.2) is 24.6 Å². The molecule has 0 aromatic carbocycles. The number of hydrogen-bond donors (Lipinski definition) is 0. The van der Waals surface area contributed by atoms with E-state index in [4.69, 9.17) is 0 Å². The molecule has 0 unspecified atom stereocenters. The maximum atomic E-state index is 12.2. The van der Waals surface area contributed by atoms with Gasteiger partial charge in [-0.05, 0) is 26.8 Å². The van der Waals surface area contributed by atoms with E-state index in [1.54, 1.807) is 4.81 Å². The smallest absolute Gasteiger partial charge is 0.316 e. The van der Waals surface area contributed by atoms with E-state index >= 15 is 0 Å². The zero-order valence-electron chi connectivity index (χ0n) is 7.60. The third-order valence-electron chi connectivity index (χ3n) is 1.88. The predicted molar refractivity (Wildman–Crippen MR) is 48.1 cm³/mol. The molecule has 0 saturated heterocycles. The number of nitrogens with zero attached hydrogens (tertiary/aromatic N) is 1. The topological polar surface area (TPSA) is 3.24 Å². The molecular formula is C8H16BFN. The van der Waals surface area contributed by atoms with Crippen molar-refractivity contribution in [1.82, 2.24) is 4.81 Å². The molecule has 0 aromatic heterocycles. The Morgan fingerprint density at radius 2 is 2.18 bits per heavy atom. The van der Waals surface area contributed by atoms with Gasteiger partial charge in [-0.2, -0.15) is 0 Å². The first-order chi connectivity index (χ1) is 5.08. The SMILES string of the molecule is C=CCC(C)(C)N([B]F)CC. The molecule has 0 rings (SSSR count). The lowest BCUT2D eigenvalue weighted by Gasteiger charge is -2.34. The fourth-order valence-electron chi connectivity index (χ4n) is 1.10. The minimum atomic E-state index is -0.148. The quantitative estimate of drug-likeness (QED) is 0.435. The zero-order valence-corrected chi connectivity index (χ0v) is 7.60. The second-order valence-corrected chi connectivity index (χ2v) is 3.19. The Bertz CT molecular complexity index is 121. The standard InChI is InChI=1S/C8H16BFN/c1-5-7-8(3,4)11(6-2)9-10/h5H,1,6-7H2,2-4H3. The fraction of sp³-hybridized carbons (Fsp3) is 0.750. The average molecular weight is 156 g/mol. The monoisotopic (exact) mass is 156 g/mol. The minimum Gasteiger partial charge on any atom is -0.316 e. The zero-order chi connectivity index (χ0) is 8.91. The van der Waals surface area contributed by atoms with Crippen molar-refractivity contribution in [2.75, 3.05) is 6.54 Å². The van der Waals surface area contributed by atoms with E-state index in [0.717, 1.165) is 6.42 Å². The molecule has 0 bridgehead atoms. The first-order valence-electron chi connectivity index (χ1n) is 3.89. The van der Waals surface area contributed by atoms with E-state index < -0.39 is 0 Å². The molecule has 0 amide bonds. The highest BCUT2D eigenvalue weighted by Crippen LogP contribution is 2.17. The van der Waals surface area contributed by atoms with Gasteiger partial charge in [0.1, 0.15) is 0 Å². The summed E-state index contributed by atoms with van der Waals surface area (Å²) in [5, 5.41) is 0. The largest absolute Gasteiger partial charge is 0.454 e. The summed E-state index contributed by atoms with van der Waals surface area (Å²) in [7, 11) is 0.642. The van der Waals surface area contributed by atoms with Crippen molar-refractivity contribution >= 4 is 7.69 Å². The van der Waals surface area contributed by atoms with Crippen molar-refractivity contribution in [3.63, 3.8) is 0 Å². The van der Waals surface area contributed by atoms with Crippen LogP contribution in [0, 0.1) is 0 Å². The molecule has 1 radical (unpaired) electrons. The summed E-state index contributed by atoms with van der Waals surface area (Å²) in [6.07, 6.45) is 2.60. The highest BCUT2D eigenvalue weighted by atomic mass is 19.1. The van der Waals surface area contributed by atoms with Gasteiger partial charge in [-0.25, -0.2) is 0 Å². The molecule has 0 saturated carbocycles. The molecule has 0 heterocycles. The van der Waals surface area contributed by atoms with Crippen LogP contribution in [0.2, 0.25) is 0 Å². The number of halogens is 1. The van der Waals surface area contributed by atoms with Crippen molar-refractivity contribution in [1.29, 1.82) is 0 Å². The third-order valence-corrected chi connectivity index (χ3v) is 1.88. The Hall–Kier alpha value is -0.305. The summed E-state index contributed by atoms with van der Waals surface area (Å²) in [5.74, 6) is 0. The second kappa shape index (κ2) is 4.55. The van der Waals surface area contributed by atoms with Crippen molar-refractivity contribution in [3.8, 4) is 0 Å². The van der Waals surface area contributed by atoms with Crippen LogP contribution in [0.3, 0.4) is 0 Å². The highest BCUT2D eigenvalue weighted by Gasteiger charge is 2.24. The molecule has 63 valence electrons. The molecule has 0 aliphatic rings. The lowest BCUT2D eigenvalue weighted by Crippen LogP contribution is -2.44. The Labute approximate surface area is 69.6 Å². The number of hydrogen-bond acceptors (Lipinski definition) is 1. The fourth-order valence-corrected chi connectivity index (χ4v) is 1.10. The van der Waals surface area contributed by atoms with Gasteiger partial charge in [-0.15, -0.1) is 6.58 Å². The molecule has 0 N–H and O–H groups in total. The van der Waals surface area contributed by atoms with Gasteiger partial charge in [0.2, 0.25) is 0 Å². The van der Waals surface area contributed by atoms with Gasteiger partial charge in [0.15, 0.2) is 0 Å².